The Hall–Kier alpha value is -2.52. The van der Waals surface area contributed by atoms with E-state index in [0.717, 1.165) is 28.9 Å². The van der Waals surface area contributed by atoms with E-state index in [1.165, 1.54) is 0 Å². The number of anilines is 2. The predicted molar refractivity (Wildman–Crippen MR) is 98.1 cm³/mol. The summed E-state index contributed by atoms with van der Waals surface area (Å²) in [6.45, 7) is 2.79. The van der Waals surface area contributed by atoms with Crippen molar-refractivity contribution in [2.24, 2.45) is 0 Å². The van der Waals surface area contributed by atoms with Crippen molar-refractivity contribution in [3.8, 4) is 6.07 Å². The molecule has 24 heavy (non-hydrogen) atoms. The molecule has 0 spiro atoms. The second kappa shape index (κ2) is 7.37. The lowest BCUT2D eigenvalue weighted by molar-refractivity contribution is 0.208. The number of halogens is 1. The van der Waals surface area contributed by atoms with Crippen molar-refractivity contribution in [1.82, 2.24) is 4.90 Å². The number of para-hydroxylation sites is 1. The molecule has 2 aromatic carbocycles. The molecule has 0 saturated carbocycles. The minimum atomic E-state index is -0.0904. The van der Waals surface area contributed by atoms with Crippen LogP contribution in [0.5, 0.6) is 0 Å². The highest BCUT2D eigenvalue weighted by atomic mass is 79.9. The SMILES string of the molecule is N#Cc1cccc(N2CCN(C(=O)Nc3ccccc3Br)CC2)c1. The zero-order chi connectivity index (χ0) is 16.9. The summed E-state index contributed by atoms with van der Waals surface area (Å²) in [4.78, 5) is 16.4. The number of benzene rings is 2. The molecule has 2 aromatic rings. The number of rotatable bonds is 2. The number of nitriles is 1. The fourth-order valence-corrected chi connectivity index (χ4v) is 3.08. The fraction of sp³-hybridized carbons (Fsp3) is 0.222. The van der Waals surface area contributed by atoms with Crippen molar-refractivity contribution < 1.29 is 4.79 Å². The molecule has 0 aromatic heterocycles. The van der Waals surface area contributed by atoms with Gasteiger partial charge in [0.1, 0.15) is 0 Å². The zero-order valence-electron chi connectivity index (χ0n) is 13.1. The third-order valence-electron chi connectivity index (χ3n) is 4.02. The van der Waals surface area contributed by atoms with Crippen LogP contribution >= 0.6 is 15.9 Å². The molecule has 1 fully saturated rings. The Kier molecular flexibility index (Phi) is 5.02. The van der Waals surface area contributed by atoms with Gasteiger partial charge in [-0.15, -0.1) is 0 Å². The van der Waals surface area contributed by atoms with Crippen molar-refractivity contribution >= 4 is 33.3 Å². The van der Waals surface area contributed by atoms with Crippen LogP contribution in [0.3, 0.4) is 0 Å². The van der Waals surface area contributed by atoms with Crippen molar-refractivity contribution in [2.45, 2.75) is 0 Å². The van der Waals surface area contributed by atoms with E-state index in [1.807, 2.05) is 47.4 Å². The Bertz CT molecular complexity index is 779. The molecule has 1 N–H and O–H groups in total. The Morgan fingerprint density at radius 2 is 1.83 bits per heavy atom. The molecule has 0 unspecified atom stereocenters. The number of urea groups is 1. The molecule has 1 aliphatic heterocycles. The maximum Gasteiger partial charge on any atom is 0.321 e. The Balaban J connectivity index is 1.59. The second-order valence-corrected chi connectivity index (χ2v) is 6.40. The van der Waals surface area contributed by atoms with E-state index in [9.17, 15) is 4.79 Å². The molecule has 0 atom stereocenters. The van der Waals surface area contributed by atoms with Crippen molar-refractivity contribution in [3.63, 3.8) is 0 Å². The molecule has 5 nitrogen and oxygen atoms in total. The molecule has 122 valence electrons. The van der Waals surface area contributed by atoms with Gasteiger partial charge in [-0.25, -0.2) is 4.79 Å². The second-order valence-electron chi connectivity index (χ2n) is 5.55. The van der Waals surface area contributed by atoms with Gasteiger partial charge in [0.05, 0.1) is 17.3 Å². The van der Waals surface area contributed by atoms with Crippen molar-refractivity contribution in [1.29, 1.82) is 5.26 Å². The zero-order valence-corrected chi connectivity index (χ0v) is 14.7. The lowest BCUT2D eigenvalue weighted by Gasteiger charge is -2.36. The number of amides is 2. The summed E-state index contributed by atoms with van der Waals surface area (Å²) in [5.41, 5.74) is 2.45. The van der Waals surface area contributed by atoms with Crippen LogP contribution < -0.4 is 10.2 Å². The molecule has 1 aliphatic rings. The van der Waals surface area contributed by atoms with Gasteiger partial charge in [-0.3, -0.25) is 0 Å². The molecule has 6 heteroatoms. The maximum absolute atomic E-state index is 12.4. The van der Waals surface area contributed by atoms with Gasteiger partial charge in [-0.2, -0.15) is 5.26 Å². The fourth-order valence-electron chi connectivity index (χ4n) is 2.70. The molecular formula is C18H17BrN4O. The topological polar surface area (TPSA) is 59.4 Å². The van der Waals surface area contributed by atoms with Gasteiger partial charge in [0.15, 0.2) is 0 Å². The molecular weight excluding hydrogens is 368 g/mol. The summed E-state index contributed by atoms with van der Waals surface area (Å²) in [7, 11) is 0. The lowest BCUT2D eigenvalue weighted by atomic mass is 10.2. The first-order valence-corrected chi connectivity index (χ1v) is 8.52. The van der Waals surface area contributed by atoms with Gasteiger partial charge in [0, 0.05) is 36.3 Å². The number of carbonyl (C=O) groups is 1. The first kappa shape index (κ1) is 16.3. The molecule has 1 heterocycles. The number of nitrogens with zero attached hydrogens (tertiary/aromatic N) is 3. The van der Waals surface area contributed by atoms with Crippen molar-refractivity contribution in [3.05, 3.63) is 58.6 Å². The monoisotopic (exact) mass is 384 g/mol. The van der Waals surface area contributed by atoms with Crippen LogP contribution in [0.1, 0.15) is 5.56 Å². The molecule has 1 saturated heterocycles. The number of carbonyl (C=O) groups excluding carboxylic acids is 1. The predicted octanol–water partition coefficient (Wildman–Crippen LogP) is 3.67. The van der Waals surface area contributed by atoms with Gasteiger partial charge in [0.25, 0.3) is 0 Å². The third kappa shape index (κ3) is 3.69. The van der Waals surface area contributed by atoms with Gasteiger partial charge in [-0.05, 0) is 46.3 Å². The molecule has 0 radical (unpaired) electrons. The van der Waals surface area contributed by atoms with Crippen LogP contribution in [0.4, 0.5) is 16.2 Å². The Morgan fingerprint density at radius 1 is 1.08 bits per heavy atom. The van der Waals surface area contributed by atoms with Crippen LogP contribution in [0.15, 0.2) is 53.0 Å². The summed E-state index contributed by atoms with van der Waals surface area (Å²) < 4.78 is 0.866. The van der Waals surface area contributed by atoms with E-state index in [4.69, 9.17) is 5.26 Å². The first-order valence-electron chi connectivity index (χ1n) is 7.73. The first-order chi connectivity index (χ1) is 11.7. The third-order valence-corrected chi connectivity index (χ3v) is 4.71. The average molecular weight is 385 g/mol. The highest BCUT2D eigenvalue weighted by molar-refractivity contribution is 9.10. The number of nitrogens with one attached hydrogen (secondary N) is 1. The summed E-state index contributed by atoms with van der Waals surface area (Å²) in [6.07, 6.45) is 0. The van der Waals surface area contributed by atoms with Crippen LogP contribution in [0.25, 0.3) is 0 Å². The molecule has 3 rings (SSSR count). The van der Waals surface area contributed by atoms with E-state index in [0.29, 0.717) is 18.7 Å². The average Bonchev–Trinajstić information content (AvgIpc) is 2.64. The normalized spacial score (nSPS) is 14.2. The quantitative estimate of drug-likeness (QED) is 0.858. The largest absolute Gasteiger partial charge is 0.368 e. The molecule has 0 aliphatic carbocycles. The summed E-state index contributed by atoms with van der Waals surface area (Å²) >= 11 is 3.43. The molecule has 0 bridgehead atoms. The van der Waals surface area contributed by atoms with Crippen LogP contribution in [0.2, 0.25) is 0 Å². The highest BCUT2D eigenvalue weighted by Gasteiger charge is 2.21. The smallest absolute Gasteiger partial charge is 0.321 e. The van der Waals surface area contributed by atoms with E-state index in [-0.39, 0.29) is 6.03 Å². The standard InChI is InChI=1S/C18H17BrN4O/c19-16-6-1-2-7-17(16)21-18(24)23-10-8-22(9-11-23)15-5-3-4-14(12-15)13-20/h1-7,12H,8-11H2,(H,21,24). The lowest BCUT2D eigenvalue weighted by Crippen LogP contribution is -2.50. The van der Waals surface area contributed by atoms with Crippen LogP contribution in [-0.2, 0) is 0 Å². The van der Waals surface area contributed by atoms with Crippen molar-refractivity contribution in [2.75, 3.05) is 36.4 Å². The summed E-state index contributed by atoms with van der Waals surface area (Å²) in [5, 5.41) is 11.9. The van der Waals surface area contributed by atoms with Crippen LogP contribution in [0, 0.1) is 11.3 Å². The summed E-state index contributed by atoms with van der Waals surface area (Å²) in [6, 6.07) is 17.2. The maximum atomic E-state index is 12.4. The number of piperazine rings is 1. The molecule has 2 amide bonds. The van der Waals surface area contributed by atoms with Gasteiger partial charge in [0.2, 0.25) is 0 Å². The van der Waals surface area contributed by atoms with E-state index < -0.39 is 0 Å². The minimum Gasteiger partial charge on any atom is -0.368 e. The van der Waals surface area contributed by atoms with E-state index in [1.54, 1.807) is 6.07 Å². The van der Waals surface area contributed by atoms with Gasteiger partial charge >= 0.3 is 6.03 Å². The van der Waals surface area contributed by atoms with Gasteiger partial charge in [-0.1, -0.05) is 18.2 Å². The van der Waals surface area contributed by atoms with E-state index in [2.05, 4.69) is 32.2 Å². The number of hydrogen-bond donors (Lipinski definition) is 1. The number of hydrogen-bond acceptors (Lipinski definition) is 3. The van der Waals surface area contributed by atoms with Gasteiger partial charge < -0.3 is 15.1 Å². The highest BCUT2D eigenvalue weighted by Crippen LogP contribution is 2.22. The minimum absolute atomic E-state index is 0.0904. The van der Waals surface area contributed by atoms with Crippen LogP contribution in [-0.4, -0.2) is 37.1 Å². The van der Waals surface area contributed by atoms with E-state index >= 15 is 0 Å². The Labute approximate surface area is 149 Å². The summed E-state index contributed by atoms with van der Waals surface area (Å²) in [5.74, 6) is 0. The Morgan fingerprint density at radius 3 is 2.54 bits per heavy atom.